The molecule has 33 heavy (non-hydrogen) atoms. The van der Waals surface area contributed by atoms with Gasteiger partial charge in [-0.15, -0.1) is 0 Å². The summed E-state index contributed by atoms with van der Waals surface area (Å²) in [6.07, 6.45) is 5.03. The standard InChI is InChI=1S/C24H28N4O4S/c1-17-7-11-28(12-8-17)33(30,31)19-5-6-22-20(14-19)21(24(29)26-10-13-32-2)15-23(27-22)18-4-3-9-25-16-18/h3-6,9,14-17H,7-8,10-13H2,1-2H3,(H,26,29). The Morgan fingerprint density at radius 3 is 2.70 bits per heavy atom. The number of fused-ring (bicyclic) bond motifs is 1. The lowest BCUT2D eigenvalue weighted by molar-refractivity contribution is 0.0938. The molecule has 3 aromatic rings. The third-order valence-electron chi connectivity index (χ3n) is 5.95. The molecule has 1 N–H and O–H groups in total. The first kappa shape index (κ1) is 23.3. The fourth-order valence-corrected chi connectivity index (χ4v) is 5.45. The Kier molecular flexibility index (Phi) is 7.02. The SMILES string of the molecule is COCCNC(=O)c1cc(-c2cccnc2)nc2ccc(S(=O)(=O)N3CCC(C)CC3)cc12. The van der Waals surface area contributed by atoms with Crippen LogP contribution in [0, 0.1) is 5.92 Å². The van der Waals surface area contributed by atoms with Gasteiger partial charge in [-0.1, -0.05) is 6.92 Å². The summed E-state index contributed by atoms with van der Waals surface area (Å²) in [4.78, 5) is 22.0. The van der Waals surface area contributed by atoms with E-state index in [1.807, 2.05) is 6.07 Å². The Hall–Kier alpha value is -2.88. The van der Waals surface area contributed by atoms with Crippen LogP contribution in [-0.4, -0.2) is 61.9 Å². The highest BCUT2D eigenvalue weighted by atomic mass is 32.2. The number of hydrogen-bond acceptors (Lipinski definition) is 6. The van der Waals surface area contributed by atoms with E-state index in [1.165, 1.54) is 4.31 Å². The first-order valence-corrected chi connectivity index (χ1v) is 12.5. The second kappa shape index (κ2) is 9.94. The number of methoxy groups -OCH3 is 1. The lowest BCUT2D eigenvalue weighted by Crippen LogP contribution is -2.37. The second-order valence-corrected chi connectivity index (χ2v) is 10.2. The van der Waals surface area contributed by atoms with E-state index >= 15 is 0 Å². The fourth-order valence-electron chi connectivity index (χ4n) is 3.95. The molecule has 0 saturated carbocycles. The number of ether oxygens (including phenoxy) is 1. The van der Waals surface area contributed by atoms with E-state index in [0.29, 0.717) is 54.3 Å². The monoisotopic (exact) mass is 468 g/mol. The van der Waals surface area contributed by atoms with Gasteiger partial charge in [-0.3, -0.25) is 9.78 Å². The third kappa shape index (κ3) is 5.05. The van der Waals surface area contributed by atoms with Gasteiger partial charge in [-0.05, 0) is 55.2 Å². The number of benzene rings is 1. The van der Waals surface area contributed by atoms with Crippen molar-refractivity contribution in [3.8, 4) is 11.3 Å². The number of carbonyl (C=O) groups is 1. The normalized spacial score (nSPS) is 15.6. The summed E-state index contributed by atoms with van der Waals surface area (Å²) in [6.45, 7) is 3.86. The minimum atomic E-state index is -3.66. The zero-order valence-electron chi connectivity index (χ0n) is 18.8. The first-order valence-electron chi connectivity index (χ1n) is 11.0. The number of pyridine rings is 2. The van der Waals surface area contributed by atoms with Crippen LogP contribution in [0.1, 0.15) is 30.1 Å². The molecule has 1 aliphatic heterocycles. The van der Waals surface area contributed by atoms with Crippen LogP contribution < -0.4 is 5.32 Å². The summed E-state index contributed by atoms with van der Waals surface area (Å²) in [5.74, 6) is 0.205. The summed E-state index contributed by atoms with van der Waals surface area (Å²) >= 11 is 0. The Morgan fingerprint density at radius 2 is 2.00 bits per heavy atom. The number of nitrogens with one attached hydrogen (secondary N) is 1. The molecular formula is C24H28N4O4S. The van der Waals surface area contributed by atoms with Gasteiger partial charge in [-0.25, -0.2) is 13.4 Å². The Balaban J connectivity index is 1.79. The zero-order valence-corrected chi connectivity index (χ0v) is 19.6. The molecule has 9 heteroatoms. The Labute approximate surface area is 194 Å². The lowest BCUT2D eigenvalue weighted by Gasteiger charge is -2.29. The number of amides is 1. The van der Waals surface area contributed by atoms with E-state index in [0.717, 1.165) is 18.4 Å². The van der Waals surface area contributed by atoms with E-state index in [2.05, 4.69) is 22.2 Å². The average molecular weight is 469 g/mol. The molecule has 8 nitrogen and oxygen atoms in total. The quantitative estimate of drug-likeness (QED) is 0.535. The molecule has 1 saturated heterocycles. The van der Waals surface area contributed by atoms with Gasteiger partial charge in [0, 0.05) is 50.1 Å². The molecule has 1 amide bonds. The van der Waals surface area contributed by atoms with Crippen LogP contribution >= 0.6 is 0 Å². The lowest BCUT2D eigenvalue weighted by atomic mass is 10.0. The molecule has 0 aliphatic carbocycles. The van der Waals surface area contributed by atoms with Crippen molar-refractivity contribution in [1.82, 2.24) is 19.6 Å². The molecule has 1 fully saturated rings. The summed E-state index contributed by atoms with van der Waals surface area (Å²) in [5.41, 5.74) is 2.26. The second-order valence-electron chi connectivity index (χ2n) is 8.31. The van der Waals surface area contributed by atoms with Gasteiger partial charge in [0.05, 0.1) is 28.3 Å². The highest BCUT2D eigenvalue weighted by Crippen LogP contribution is 2.29. The molecule has 0 spiro atoms. The van der Waals surface area contributed by atoms with E-state index in [1.54, 1.807) is 49.8 Å². The maximum absolute atomic E-state index is 13.3. The summed E-state index contributed by atoms with van der Waals surface area (Å²) in [6, 6.07) is 10.1. The summed E-state index contributed by atoms with van der Waals surface area (Å²) < 4.78 is 33.2. The van der Waals surface area contributed by atoms with Crippen LogP contribution in [-0.2, 0) is 14.8 Å². The van der Waals surface area contributed by atoms with Crippen molar-refractivity contribution in [2.75, 3.05) is 33.4 Å². The predicted octanol–water partition coefficient (Wildman–Crippen LogP) is 3.09. The van der Waals surface area contributed by atoms with E-state index in [-0.39, 0.29) is 10.8 Å². The van der Waals surface area contributed by atoms with Gasteiger partial charge in [0.15, 0.2) is 0 Å². The average Bonchev–Trinajstić information content (AvgIpc) is 2.84. The molecular weight excluding hydrogens is 440 g/mol. The molecule has 0 radical (unpaired) electrons. The van der Waals surface area contributed by atoms with Gasteiger partial charge in [0.25, 0.3) is 5.91 Å². The molecule has 1 aromatic carbocycles. The molecule has 0 bridgehead atoms. The molecule has 1 aliphatic rings. The molecule has 4 rings (SSSR count). The Bertz CT molecular complexity index is 1240. The minimum absolute atomic E-state index is 0.173. The van der Waals surface area contributed by atoms with Crippen molar-refractivity contribution in [3.05, 3.63) is 54.4 Å². The molecule has 174 valence electrons. The van der Waals surface area contributed by atoms with Crippen LogP contribution in [0.25, 0.3) is 22.2 Å². The van der Waals surface area contributed by atoms with Crippen molar-refractivity contribution in [2.24, 2.45) is 5.92 Å². The number of nitrogens with zero attached hydrogens (tertiary/aromatic N) is 3. The number of sulfonamides is 1. The summed E-state index contributed by atoms with van der Waals surface area (Å²) in [5, 5.41) is 3.32. The van der Waals surface area contributed by atoms with Gasteiger partial charge < -0.3 is 10.1 Å². The number of carbonyl (C=O) groups excluding carboxylic acids is 1. The number of rotatable bonds is 7. The minimum Gasteiger partial charge on any atom is -0.383 e. The van der Waals surface area contributed by atoms with Crippen molar-refractivity contribution in [3.63, 3.8) is 0 Å². The van der Waals surface area contributed by atoms with Crippen molar-refractivity contribution in [1.29, 1.82) is 0 Å². The fraction of sp³-hybridized carbons (Fsp3) is 0.375. The zero-order chi connectivity index (χ0) is 23.4. The predicted molar refractivity (Wildman–Crippen MR) is 126 cm³/mol. The first-order chi connectivity index (χ1) is 15.9. The van der Waals surface area contributed by atoms with Crippen molar-refractivity contribution < 1.29 is 17.9 Å². The van der Waals surface area contributed by atoms with Gasteiger partial charge >= 0.3 is 0 Å². The van der Waals surface area contributed by atoms with Crippen molar-refractivity contribution >= 4 is 26.8 Å². The highest BCUT2D eigenvalue weighted by Gasteiger charge is 2.28. The largest absolute Gasteiger partial charge is 0.383 e. The molecule has 2 aromatic heterocycles. The number of hydrogen-bond donors (Lipinski definition) is 1. The van der Waals surface area contributed by atoms with E-state index in [9.17, 15) is 13.2 Å². The van der Waals surface area contributed by atoms with E-state index in [4.69, 9.17) is 4.74 Å². The maximum atomic E-state index is 13.3. The van der Waals surface area contributed by atoms with Crippen LogP contribution in [0.3, 0.4) is 0 Å². The van der Waals surface area contributed by atoms with Gasteiger partial charge in [0.2, 0.25) is 10.0 Å². The molecule has 3 heterocycles. The van der Waals surface area contributed by atoms with Crippen LogP contribution in [0.15, 0.2) is 53.7 Å². The van der Waals surface area contributed by atoms with Crippen LogP contribution in [0.2, 0.25) is 0 Å². The van der Waals surface area contributed by atoms with Crippen molar-refractivity contribution in [2.45, 2.75) is 24.7 Å². The van der Waals surface area contributed by atoms with Gasteiger partial charge in [-0.2, -0.15) is 4.31 Å². The Morgan fingerprint density at radius 1 is 1.21 bits per heavy atom. The third-order valence-corrected chi connectivity index (χ3v) is 7.85. The smallest absolute Gasteiger partial charge is 0.252 e. The van der Waals surface area contributed by atoms with E-state index < -0.39 is 10.0 Å². The summed E-state index contributed by atoms with van der Waals surface area (Å²) in [7, 11) is -2.10. The topological polar surface area (TPSA) is 101 Å². The highest BCUT2D eigenvalue weighted by molar-refractivity contribution is 7.89. The number of piperidine rings is 1. The molecule has 0 atom stereocenters. The molecule has 0 unspecified atom stereocenters. The maximum Gasteiger partial charge on any atom is 0.252 e. The van der Waals surface area contributed by atoms with Crippen LogP contribution in [0.4, 0.5) is 0 Å². The van der Waals surface area contributed by atoms with Gasteiger partial charge in [0.1, 0.15) is 0 Å². The number of aromatic nitrogens is 2. The van der Waals surface area contributed by atoms with Crippen LogP contribution in [0.5, 0.6) is 0 Å².